The summed E-state index contributed by atoms with van der Waals surface area (Å²) in [7, 11) is 0. The van der Waals surface area contributed by atoms with Crippen molar-refractivity contribution in [2.75, 3.05) is 11.9 Å². The molecule has 2 aromatic heterocycles. The fraction of sp³-hybridized carbons (Fsp3) is 0.167. The second-order valence-corrected chi connectivity index (χ2v) is 8.35. The van der Waals surface area contributed by atoms with Gasteiger partial charge in [0.25, 0.3) is 5.91 Å². The Bertz CT molecular complexity index is 1310. The number of aromatic nitrogens is 2. The summed E-state index contributed by atoms with van der Waals surface area (Å²) in [4.78, 5) is 37.5. The number of Topliss-reactive ketones (excluding diaryl/α,β-unsaturated/α-hetero) is 1. The third-order valence-electron chi connectivity index (χ3n) is 4.87. The fourth-order valence-corrected chi connectivity index (χ4v) is 4.35. The first-order valence-electron chi connectivity index (χ1n) is 9.99. The first-order valence-corrected chi connectivity index (χ1v) is 10.8. The molecule has 1 N–H and O–H groups in total. The summed E-state index contributed by atoms with van der Waals surface area (Å²) in [6.45, 7) is 3.52. The van der Waals surface area contributed by atoms with Gasteiger partial charge in [0.1, 0.15) is 9.71 Å². The largest absolute Gasteiger partial charge is 0.451 e. The highest BCUT2D eigenvalue weighted by Gasteiger charge is 2.18. The van der Waals surface area contributed by atoms with Crippen molar-refractivity contribution >= 4 is 44.9 Å². The van der Waals surface area contributed by atoms with E-state index < -0.39 is 18.5 Å². The van der Waals surface area contributed by atoms with Crippen LogP contribution in [-0.2, 0) is 16.1 Å². The summed E-state index contributed by atoms with van der Waals surface area (Å²) in [5.41, 5.74) is 2.90. The zero-order valence-corrected chi connectivity index (χ0v) is 18.4. The van der Waals surface area contributed by atoms with Crippen LogP contribution < -0.4 is 5.32 Å². The van der Waals surface area contributed by atoms with Crippen LogP contribution in [0.1, 0.15) is 38.2 Å². The molecule has 1 amide bonds. The van der Waals surface area contributed by atoms with Crippen LogP contribution in [0, 0.1) is 6.92 Å². The van der Waals surface area contributed by atoms with E-state index in [2.05, 4.69) is 10.4 Å². The number of esters is 1. The Kier molecular flexibility index (Phi) is 6.13. The smallest absolute Gasteiger partial charge is 0.348 e. The number of anilines is 1. The summed E-state index contributed by atoms with van der Waals surface area (Å²) >= 11 is 1.29. The molecule has 0 spiro atoms. The maximum Gasteiger partial charge on any atom is 0.348 e. The van der Waals surface area contributed by atoms with Crippen LogP contribution in [0.4, 0.5) is 5.69 Å². The van der Waals surface area contributed by atoms with Gasteiger partial charge in [-0.3, -0.25) is 14.3 Å². The minimum Gasteiger partial charge on any atom is -0.451 e. The quantitative estimate of drug-likeness (QED) is 0.334. The maximum absolute atomic E-state index is 12.5. The molecule has 0 atom stereocenters. The van der Waals surface area contributed by atoms with Gasteiger partial charge in [0.15, 0.2) is 12.4 Å². The SMILES string of the molecule is CC(=O)c1cccc(NC(=O)COC(=O)c2cc3c(C)nn(Cc4ccccc4)c3s2)c1. The van der Waals surface area contributed by atoms with E-state index in [1.807, 2.05) is 41.9 Å². The summed E-state index contributed by atoms with van der Waals surface area (Å²) in [5.74, 6) is -1.14. The van der Waals surface area contributed by atoms with Crippen molar-refractivity contribution in [2.45, 2.75) is 20.4 Å². The molecular formula is C24H21N3O4S. The first kappa shape index (κ1) is 21.5. The van der Waals surface area contributed by atoms with E-state index in [1.165, 1.54) is 18.3 Å². The number of carbonyl (C=O) groups is 3. The van der Waals surface area contributed by atoms with Crippen LogP contribution in [0.5, 0.6) is 0 Å². The topological polar surface area (TPSA) is 90.3 Å². The molecule has 8 heteroatoms. The van der Waals surface area contributed by atoms with Crippen molar-refractivity contribution in [1.29, 1.82) is 0 Å². The number of thiophene rings is 1. The first-order chi connectivity index (χ1) is 15.4. The Hall–Kier alpha value is -3.78. The summed E-state index contributed by atoms with van der Waals surface area (Å²) in [6, 6.07) is 18.3. The van der Waals surface area contributed by atoms with Crippen LogP contribution in [0.25, 0.3) is 10.2 Å². The number of aryl methyl sites for hydroxylation is 1. The minimum absolute atomic E-state index is 0.0987. The van der Waals surface area contributed by atoms with Crippen molar-refractivity contribution in [3.05, 3.63) is 82.4 Å². The average Bonchev–Trinajstić information content (AvgIpc) is 3.34. The van der Waals surface area contributed by atoms with Gasteiger partial charge in [-0.2, -0.15) is 5.10 Å². The lowest BCUT2D eigenvalue weighted by molar-refractivity contribution is -0.119. The fourth-order valence-electron chi connectivity index (χ4n) is 3.29. The minimum atomic E-state index is -0.565. The molecule has 7 nitrogen and oxygen atoms in total. The number of fused-ring (bicyclic) bond motifs is 1. The molecule has 0 saturated carbocycles. The summed E-state index contributed by atoms with van der Waals surface area (Å²) in [6.07, 6.45) is 0. The number of nitrogens with one attached hydrogen (secondary N) is 1. The third kappa shape index (κ3) is 4.76. The van der Waals surface area contributed by atoms with E-state index in [4.69, 9.17) is 4.74 Å². The molecule has 0 fully saturated rings. The van der Waals surface area contributed by atoms with Crippen molar-refractivity contribution in [3.63, 3.8) is 0 Å². The van der Waals surface area contributed by atoms with Gasteiger partial charge >= 0.3 is 5.97 Å². The molecule has 0 saturated heterocycles. The van der Waals surface area contributed by atoms with E-state index in [1.54, 1.807) is 30.3 Å². The number of ether oxygens (including phenoxy) is 1. The Morgan fingerprint density at radius 1 is 1.06 bits per heavy atom. The predicted octanol–water partition coefficient (Wildman–Crippen LogP) is 4.45. The molecule has 0 unspecified atom stereocenters. The van der Waals surface area contributed by atoms with Crippen molar-refractivity contribution in [2.24, 2.45) is 0 Å². The molecule has 4 rings (SSSR count). The lowest BCUT2D eigenvalue weighted by atomic mass is 10.1. The Labute approximate surface area is 188 Å². The van der Waals surface area contributed by atoms with Gasteiger partial charge in [0.05, 0.1) is 12.2 Å². The summed E-state index contributed by atoms with van der Waals surface area (Å²) in [5, 5.41) is 8.10. The van der Waals surface area contributed by atoms with Crippen molar-refractivity contribution in [3.8, 4) is 0 Å². The van der Waals surface area contributed by atoms with Crippen molar-refractivity contribution in [1.82, 2.24) is 9.78 Å². The van der Waals surface area contributed by atoms with E-state index >= 15 is 0 Å². The zero-order valence-electron chi connectivity index (χ0n) is 17.6. The number of hydrogen-bond donors (Lipinski definition) is 1. The van der Waals surface area contributed by atoms with Gasteiger partial charge in [-0.15, -0.1) is 11.3 Å². The van der Waals surface area contributed by atoms with E-state index in [0.29, 0.717) is 22.7 Å². The van der Waals surface area contributed by atoms with Gasteiger partial charge in [-0.1, -0.05) is 42.5 Å². The number of carbonyl (C=O) groups excluding carboxylic acids is 3. The van der Waals surface area contributed by atoms with Gasteiger partial charge in [-0.05, 0) is 37.6 Å². The number of nitrogens with zero attached hydrogens (tertiary/aromatic N) is 2. The molecule has 0 bridgehead atoms. The monoisotopic (exact) mass is 447 g/mol. The van der Waals surface area contributed by atoms with E-state index in [9.17, 15) is 14.4 Å². The average molecular weight is 448 g/mol. The number of amides is 1. The van der Waals surface area contributed by atoms with Gasteiger partial charge in [0, 0.05) is 16.6 Å². The molecule has 32 heavy (non-hydrogen) atoms. The normalized spacial score (nSPS) is 10.8. The van der Waals surface area contributed by atoms with Crippen LogP contribution in [0.2, 0.25) is 0 Å². The van der Waals surface area contributed by atoms with Crippen LogP contribution in [0.3, 0.4) is 0 Å². The van der Waals surface area contributed by atoms with Gasteiger partial charge < -0.3 is 10.1 Å². The highest BCUT2D eigenvalue weighted by Crippen LogP contribution is 2.29. The molecule has 2 heterocycles. The standard InChI is InChI=1S/C24H21N3O4S/c1-15-20-12-21(32-23(20)27(26-15)13-17-7-4-3-5-8-17)24(30)31-14-22(29)25-19-10-6-9-18(11-19)16(2)28/h3-12H,13-14H2,1-2H3,(H,25,29). The number of benzene rings is 2. The lowest BCUT2D eigenvalue weighted by Gasteiger charge is -2.07. The number of rotatable bonds is 7. The maximum atomic E-state index is 12.5. The molecule has 4 aromatic rings. The Morgan fingerprint density at radius 3 is 2.59 bits per heavy atom. The van der Waals surface area contributed by atoms with E-state index in [-0.39, 0.29) is 5.78 Å². The molecule has 0 aliphatic heterocycles. The molecular weight excluding hydrogens is 426 g/mol. The zero-order chi connectivity index (χ0) is 22.7. The highest BCUT2D eigenvalue weighted by atomic mass is 32.1. The van der Waals surface area contributed by atoms with Crippen LogP contribution in [-0.4, -0.2) is 34.0 Å². The molecule has 0 aliphatic carbocycles. The number of hydrogen-bond acceptors (Lipinski definition) is 6. The third-order valence-corrected chi connectivity index (χ3v) is 6.00. The number of ketones is 1. The van der Waals surface area contributed by atoms with Gasteiger partial charge in [-0.25, -0.2) is 4.79 Å². The van der Waals surface area contributed by atoms with Crippen molar-refractivity contribution < 1.29 is 19.1 Å². The molecule has 0 aliphatic rings. The Morgan fingerprint density at radius 2 is 1.84 bits per heavy atom. The second kappa shape index (κ2) is 9.15. The van der Waals surface area contributed by atoms with Crippen LogP contribution >= 0.6 is 11.3 Å². The van der Waals surface area contributed by atoms with Gasteiger partial charge in [0.2, 0.25) is 0 Å². The molecule has 2 aromatic carbocycles. The highest BCUT2D eigenvalue weighted by molar-refractivity contribution is 7.20. The predicted molar refractivity (Wildman–Crippen MR) is 123 cm³/mol. The second-order valence-electron chi connectivity index (χ2n) is 7.32. The van der Waals surface area contributed by atoms with Crippen LogP contribution in [0.15, 0.2) is 60.7 Å². The Balaban J connectivity index is 1.41. The van der Waals surface area contributed by atoms with E-state index in [0.717, 1.165) is 21.5 Å². The molecule has 162 valence electrons. The molecule has 0 radical (unpaired) electrons. The summed E-state index contributed by atoms with van der Waals surface area (Å²) < 4.78 is 7.07. The lowest BCUT2D eigenvalue weighted by Crippen LogP contribution is -2.20.